The molecule has 0 rings (SSSR count). The Hall–Kier alpha value is -3.34. The first-order valence-corrected chi connectivity index (χ1v) is 9.57. The van der Waals surface area contributed by atoms with E-state index in [1.165, 1.54) is 56.9 Å². The fourth-order valence-corrected chi connectivity index (χ4v) is 1.07. The van der Waals surface area contributed by atoms with Crippen molar-refractivity contribution in [1.29, 1.82) is 0 Å². The minimum Gasteiger partial charge on any atom is -0.467 e. The zero-order valence-electron chi connectivity index (χ0n) is 21.8. The SMILES string of the molecule is COCC(=O)OC.COCC(=O)OC.COCC(=O)OCC(=O)OC.COCC(=O)OCC(=O)OC. The third-order valence-corrected chi connectivity index (χ3v) is 2.66. The van der Waals surface area contributed by atoms with Crippen LogP contribution < -0.4 is 0 Å². The standard InChI is InChI=1S/2C6H10O5.2C4H8O3/c2*1-9-3-6(8)11-4-5(7)10-2;2*1-6-3-4(5)7-2/h2*3-4H2,1-2H3;2*3H2,1-2H3. The van der Waals surface area contributed by atoms with Crippen LogP contribution in [-0.2, 0) is 76.1 Å². The van der Waals surface area contributed by atoms with Crippen molar-refractivity contribution in [3.63, 3.8) is 0 Å². The van der Waals surface area contributed by atoms with E-state index in [1.54, 1.807) is 0 Å². The Kier molecular flexibility index (Phi) is 35.1. The van der Waals surface area contributed by atoms with Crippen LogP contribution >= 0.6 is 0 Å². The molecule has 0 aliphatic carbocycles. The normalized spacial score (nSPS) is 8.67. The number of carbonyl (C=O) groups is 6. The van der Waals surface area contributed by atoms with Crippen molar-refractivity contribution >= 4 is 35.8 Å². The van der Waals surface area contributed by atoms with Crippen molar-refractivity contribution in [2.24, 2.45) is 0 Å². The molecule has 0 bridgehead atoms. The number of esters is 6. The molecule has 0 atom stereocenters. The molecule has 36 heavy (non-hydrogen) atoms. The van der Waals surface area contributed by atoms with Gasteiger partial charge in [-0.15, -0.1) is 0 Å². The number of rotatable bonds is 12. The van der Waals surface area contributed by atoms with Crippen LogP contribution in [0.15, 0.2) is 0 Å². The van der Waals surface area contributed by atoms with E-state index >= 15 is 0 Å². The molecule has 0 saturated carbocycles. The molecular formula is C20H36O16. The molecule has 0 aliphatic heterocycles. The van der Waals surface area contributed by atoms with Gasteiger partial charge < -0.3 is 47.4 Å². The minimum absolute atomic E-state index is 0.0382. The van der Waals surface area contributed by atoms with Gasteiger partial charge in [0, 0.05) is 28.4 Å². The molecule has 0 saturated heterocycles. The summed E-state index contributed by atoms with van der Waals surface area (Å²) in [5.41, 5.74) is 0. The van der Waals surface area contributed by atoms with Crippen molar-refractivity contribution in [1.82, 2.24) is 0 Å². The van der Waals surface area contributed by atoms with Gasteiger partial charge in [-0.2, -0.15) is 0 Å². The average Bonchev–Trinajstić information content (AvgIpc) is 2.87. The predicted octanol–water partition coefficient (Wildman–Crippen LogP) is -1.69. The third-order valence-electron chi connectivity index (χ3n) is 2.66. The van der Waals surface area contributed by atoms with Crippen LogP contribution in [0.25, 0.3) is 0 Å². The Balaban J connectivity index is -0.000000194. The van der Waals surface area contributed by atoms with Gasteiger partial charge in [-0.1, -0.05) is 0 Å². The zero-order chi connectivity index (χ0) is 28.8. The van der Waals surface area contributed by atoms with E-state index in [4.69, 9.17) is 0 Å². The number of hydrogen-bond acceptors (Lipinski definition) is 16. The Labute approximate surface area is 209 Å². The maximum Gasteiger partial charge on any atom is 0.344 e. The van der Waals surface area contributed by atoms with Gasteiger partial charge in [0.2, 0.25) is 0 Å². The maximum atomic E-state index is 10.5. The van der Waals surface area contributed by atoms with Crippen LogP contribution in [0, 0.1) is 0 Å². The predicted molar refractivity (Wildman–Crippen MR) is 117 cm³/mol. The molecule has 16 nitrogen and oxygen atoms in total. The van der Waals surface area contributed by atoms with Crippen LogP contribution in [0.3, 0.4) is 0 Å². The summed E-state index contributed by atoms with van der Waals surface area (Å²) >= 11 is 0. The molecule has 0 radical (unpaired) electrons. The summed E-state index contributed by atoms with van der Waals surface area (Å²) in [5, 5.41) is 0. The fraction of sp³-hybridized carbons (Fsp3) is 0.700. The van der Waals surface area contributed by atoms with Gasteiger partial charge in [-0.3, -0.25) is 0 Å². The number of ether oxygens (including phenoxy) is 10. The van der Waals surface area contributed by atoms with Gasteiger partial charge in [-0.25, -0.2) is 28.8 Å². The highest BCUT2D eigenvalue weighted by Crippen LogP contribution is 1.82. The quantitative estimate of drug-likeness (QED) is 0.204. The lowest BCUT2D eigenvalue weighted by Gasteiger charge is -2.01. The first kappa shape index (κ1) is 39.9. The van der Waals surface area contributed by atoms with Crippen molar-refractivity contribution < 1.29 is 76.1 Å². The minimum atomic E-state index is -0.588. The number of methoxy groups -OCH3 is 8. The largest absolute Gasteiger partial charge is 0.467 e. The Morgan fingerprint density at radius 1 is 0.333 bits per heavy atom. The van der Waals surface area contributed by atoms with Crippen molar-refractivity contribution in [3.8, 4) is 0 Å². The van der Waals surface area contributed by atoms with Gasteiger partial charge in [0.15, 0.2) is 13.2 Å². The van der Waals surface area contributed by atoms with Gasteiger partial charge in [0.1, 0.15) is 26.4 Å². The first-order chi connectivity index (χ1) is 17.0. The third kappa shape index (κ3) is 37.9. The van der Waals surface area contributed by atoms with Crippen molar-refractivity contribution in [3.05, 3.63) is 0 Å². The van der Waals surface area contributed by atoms with Crippen LogP contribution in [0.5, 0.6) is 0 Å². The van der Waals surface area contributed by atoms with E-state index in [0.717, 1.165) is 0 Å². The van der Waals surface area contributed by atoms with Crippen molar-refractivity contribution in [2.75, 3.05) is 96.5 Å². The smallest absolute Gasteiger partial charge is 0.344 e. The first-order valence-electron chi connectivity index (χ1n) is 9.57. The van der Waals surface area contributed by atoms with E-state index in [0.29, 0.717) is 0 Å². The van der Waals surface area contributed by atoms with E-state index < -0.39 is 23.9 Å². The molecule has 0 unspecified atom stereocenters. The second-order valence-corrected chi connectivity index (χ2v) is 5.36. The maximum absolute atomic E-state index is 10.5. The summed E-state index contributed by atoms with van der Waals surface area (Å²) in [6, 6.07) is 0. The number of hydrogen-bond donors (Lipinski definition) is 0. The van der Waals surface area contributed by atoms with Crippen LogP contribution in [-0.4, -0.2) is 132 Å². The van der Waals surface area contributed by atoms with Gasteiger partial charge in [0.05, 0.1) is 28.4 Å². The molecule has 0 heterocycles. The summed E-state index contributed by atoms with van der Waals surface area (Å²) in [5.74, 6) is -3.04. The molecular weight excluding hydrogens is 496 g/mol. The molecule has 16 heteroatoms. The van der Waals surface area contributed by atoms with Crippen molar-refractivity contribution in [2.45, 2.75) is 0 Å². The van der Waals surface area contributed by atoms with E-state index in [9.17, 15) is 28.8 Å². The second-order valence-electron chi connectivity index (χ2n) is 5.36. The molecule has 0 aromatic heterocycles. The summed E-state index contributed by atoms with van der Waals surface area (Å²) in [4.78, 5) is 61.9. The highest BCUT2D eigenvalue weighted by atomic mass is 16.6. The highest BCUT2D eigenvalue weighted by Gasteiger charge is 2.06. The fourth-order valence-electron chi connectivity index (χ4n) is 1.07. The van der Waals surface area contributed by atoms with E-state index in [1.807, 2.05) is 0 Å². The molecule has 0 aromatic carbocycles. The lowest BCUT2D eigenvalue weighted by molar-refractivity contribution is -0.159. The molecule has 0 amide bonds. The summed E-state index contributed by atoms with van der Waals surface area (Å²) in [6.45, 7) is -0.960. The lowest BCUT2D eigenvalue weighted by atomic mass is 10.7. The molecule has 212 valence electrons. The van der Waals surface area contributed by atoms with Crippen LogP contribution in [0.4, 0.5) is 0 Å². The summed E-state index contributed by atoms with van der Waals surface area (Å²) in [6.07, 6.45) is 0. The Bertz CT molecular complexity index is 553. The summed E-state index contributed by atoms with van der Waals surface area (Å²) in [7, 11) is 10.7. The van der Waals surface area contributed by atoms with Gasteiger partial charge in [-0.05, 0) is 0 Å². The zero-order valence-corrected chi connectivity index (χ0v) is 21.8. The molecule has 0 fully saturated rings. The highest BCUT2D eigenvalue weighted by molar-refractivity contribution is 5.77. The van der Waals surface area contributed by atoms with Gasteiger partial charge >= 0.3 is 35.8 Å². The monoisotopic (exact) mass is 532 g/mol. The van der Waals surface area contributed by atoms with E-state index in [2.05, 4.69) is 47.4 Å². The van der Waals surface area contributed by atoms with Crippen LogP contribution in [0.1, 0.15) is 0 Å². The molecule has 0 spiro atoms. The van der Waals surface area contributed by atoms with E-state index in [-0.39, 0.29) is 51.6 Å². The van der Waals surface area contributed by atoms with Crippen LogP contribution in [0.2, 0.25) is 0 Å². The Morgan fingerprint density at radius 2 is 0.528 bits per heavy atom. The van der Waals surface area contributed by atoms with Gasteiger partial charge in [0.25, 0.3) is 0 Å². The molecule has 0 aliphatic rings. The molecule has 0 aromatic rings. The summed E-state index contributed by atoms with van der Waals surface area (Å²) < 4.78 is 43.4. The second kappa shape index (κ2) is 31.7. The lowest BCUT2D eigenvalue weighted by Crippen LogP contribution is -2.17. The molecule has 0 N–H and O–H groups in total. The average molecular weight is 532 g/mol. The Morgan fingerprint density at radius 3 is 0.694 bits per heavy atom. The topological polar surface area (TPSA) is 195 Å². The number of carbonyl (C=O) groups excluding carboxylic acids is 6.